The van der Waals surface area contributed by atoms with Crippen molar-refractivity contribution in [3.63, 3.8) is 0 Å². The Bertz CT molecular complexity index is 874. The van der Waals surface area contributed by atoms with Gasteiger partial charge in [0.1, 0.15) is 11.5 Å². The van der Waals surface area contributed by atoms with E-state index in [4.69, 9.17) is 11.6 Å². The first-order valence-electron chi connectivity index (χ1n) is 6.73. The van der Waals surface area contributed by atoms with Crippen LogP contribution in [0, 0.1) is 11.6 Å². The van der Waals surface area contributed by atoms with Crippen molar-refractivity contribution in [1.82, 2.24) is 19.7 Å². The van der Waals surface area contributed by atoms with E-state index in [1.165, 1.54) is 6.07 Å². The van der Waals surface area contributed by atoms with E-state index in [1.807, 2.05) is 13.8 Å². The number of aryl methyl sites for hydroxylation is 1. The molecule has 2 heterocycles. The number of halogens is 3. The quantitative estimate of drug-likeness (QED) is 0.668. The third kappa shape index (κ3) is 2.23. The highest BCUT2D eigenvalue weighted by atomic mass is 35.5. The van der Waals surface area contributed by atoms with Gasteiger partial charge in [0.25, 0.3) is 0 Å². The summed E-state index contributed by atoms with van der Waals surface area (Å²) < 4.78 is 30.6. The maximum absolute atomic E-state index is 15.0. The lowest BCUT2D eigenvalue weighted by Crippen LogP contribution is -2.01. The standard InChI is InChI=1S/C15H13ClF2N4/c1-7(2)14-11-10(21-22(14)3)5-4-8(12(11)18)13-9(17)6-19-15(16)20-13/h4-7H,1-3H3. The van der Waals surface area contributed by atoms with Gasteiger partial charge in [-0.3, -0.25) is 4.68 Å². The van der Waals surface area contributed by atoms with Gasteiger partial charge >= 0.3 is 0 Å². The summed E-state index contributed by atoms with van der Waals surface area (Å²) in [5.74, 6) is -1.21. The smallest absolute Gasteiger partial charge is 0.223 e. The van der Waals surface area contributed by atoms with Crippen LogP contribution in [0.25, 0.3) is 22.2 Å². The van der Waals surface area contributed by atoms with Gasteiger partial charge in [-0.1, -0.05) is 13.8 Å². The van der Waals surface area contributed by atoms with Crippen LogP contribution in [0.4, 0.5) is 8.78 Å². The molecule has 0 radical (unpaired) electrons. The zero-order valence-corrected chi connectivity index (χ0v) is 13.0. The first-order chi connectivity index (χ1) is 10.4. The van der Waals surface area contributed by atoms with Crippen molar-refractivity contribution in [3.05, 3.63) is 40.9 Å². The van der Waals surface area contributed by atoms with Crippen LogP contribution in [-0.2, 0) is 7.05 Å². The number of rotatable bonds is 2. The first-order valence-corrected chi connectivity index (χ1v) is 7.11. The summed E-state index contributed by atoms with van der Waals surface area (Å²) in [4.78, 5) is 7.35. The van der Waals surface area contributed by atoms with Gasteiger partial charge in [0.2, 0.25) is 5.28 Å². The lowest BCUT2D eigenvalue weighted by Gasteiger charge is -2.09. The second-order valence-corrected chi connectivity index (χ2v) is 5.66. The van der Waals surface area contributed by atoms with E-state index >= 15 is 0 Å². The van der Waals surface area contributed by atoms with Crippen molar-refractivity contribution in [1.29, 1.82) is 0 Å². The third-order valence-electron chi connectivity index (χ3n) is 3.50. The van der Waals surface area contributed by atoms with Crippen LogP contribution in [0.3, 0.4) is 0 Å². The Kier molecular flexibility index (Phi) is 3.56. The van der Waals surface area contributed by atoms with Crippen molar-refractivity contribution >= 4 is 22.5 Å². The summed E-state index contributed by atoms with van der Waals surface area (Å²) >= 11 is 5.70. The van der Waals surface area contributed by atoms with E-state index in [0.29, 0.717) is 10.9 Å². The van der Waals surface area contributed by atoms with Gasteiger partial charge in [0.15, 0.2) is 5.82 Å². The minimum atomic E-state index is -0.724. The number of benzene rings is 1. The summed E-state index contributed by atoms with van der Waals surface area (Å²) in [6.45, 7) is 3.90. The monoisotopic (exact) mass is 322 g/mol. The highest BCUT2D eigenvalue weighted by Gasteiger charge is 2.21. The van der Waals surface area contributed by atoms with Crippen molar-refractivity contribution in [3.8, 4) is 11.3 Å². The Balaban J connectivity index is 2.35. The molecule has 0 aliphatic heterocycles. The molecule has 2 aromatic heterocycles. The van der Waals surface area contributed by atoms with Crippen molar-refractivity contribution in [2.45, 2.75) is 19.8 Å². The molecule has 0 atom stereocenters. The first kappa shape index (κ1) is 14.8. The Morgan fingerprint density at radius 3 is 2.64 bits per heavy atom. The predicted molar refractivity (Wildman–Crippen MR) is 80.8 cm³/mol. The normalized spacial score (nSPS) is 11.6. The fourth-order valence-electron chi connectivity index (χ4n) is 2.65. The molecule has 3 rings (SSSR count). The Labute approximate surface area is 130 Å². The Hall–Kier alpha value is -2.08. The molecule has 0 aliphatic rings. The topological polar surface area (TPSA) is 43.6 Å². The molecule has 0 saturated heterocycles. The van der Waals surface area contributed by atoms with Gasteiger partial charge in [-0.25, -0.2) is 18.7 Å². The molecule has 0 unspecified atom stereocenters. The summed E-state index contributed by atoms with van der Waals surface area (Å²) in [5.41, 5.74) is 1.16. The van der Waals surface area contributed by atoms with E-state index in [-0.39, 0.29) is 22.5 Å². The molecule has 114 valence electrons. The van der Waals surface area contributed by atoms with E-state index in [2.05, 4.69) is 15.1 Å². The summed E-state index contributed by atoms with van der Waals surface area (Å²) in [6.07, 6.45) is 0.931. The van der Waals surface area contributed by atoms with Crippen molar-refractivity contribution in [2.24, 2.45) is 7.05 Å². The number of nitrogens with zero attached hydrogens (tertiary/aromatic N) is 4. The third-order valence-corrected chi connectivity index (χ3v) is 3.68. The maximum atomic E-state index is 15.0. The highest BCUT2D eigenvalue weighted by molar-refractivity contribution is 6.28. The fourth-order valence-corrected chi connectivity index (χ4v) is 2.78. The Morgan fingerprint density at radius 1 is 1.23 bits per heavy atom. The largest absolute Gasteiger partial charge is 0.271 e. The fraction of sp³-hybridized carbons (Fsp3) is 0.267. The van der Waals surface area contributed by atoms with Crippen LogP contribution in [0.5, 0.6) is 0 Å². The minimum Gasteiger partial charge on any atom is -0.271 e. The summed E-state index contributed by atoms with van der Waals surface area (Å²) in [7, 11) is 1.76. The molecule has 1 aromatic carbocycles. The number of aromatic nitrogens is 4. The molecule has 0 bridgehead atoms. The Morgan fingerprint density at radius 2 is 1.95 bits per heavy atom. The molecule has 0 spiro atoms. The van der Waals surface area contributed by atoms with E-state index < -0.39 is 11.6 Å². The van der Waals surface area contributed by atoms with Gasteiger partial charge < -0.3 is 0 Å². The van der Waals surface area contributed by atoms with E-state index in [0.717, 1.165) is 11.9 Å². The summed E-state index contributed by atoms with van der Waals surface area (Å²) in [6, 6.07) is 3.10. The minimum absolute atomic E-state index is 0.0456. The van der Waals surface area contributed by atoms with Crippen molar-refractivity contribution in [2.75, 3.05) is 0 Å². The van der Waals surface area contributed by atoms with Crippen molar-refractivity contribution < 1.29 is 8.78 Å². The van der Waals surface area contributed by atoms with Crippen LogP contribution < -0.4 is 0 Å². The lowest BCUT2D eigenvalue weighted by molar-refractivity contribution is 0.608. The molecule has 0 amide bonds. The lowest BCUT2D eigenvalue weighted by atomic mass is 10.0. The molecule has 0 saturated carbocycles. The zero-order valence-electron chi connectivity index (χ0n) is 12.2. The average Bonchev–Trinajstić information content (AvgIpc) is 2.79. The molecule has 0 fully saturated rings. The maximum Gasteiger partial charge on any atom is 0.223 e. The molecule has 4 nitrogen and oxygen atoms in total. The number of hydrogen-bond donors (Lipinski definition) is 0. The molecule has 0 N–H and O–H groups in total. The van der Waals surface area contributed by atoms with Crippen LogP contribution >= 0.6 is 11.6 Å². The molecular weight excluding hydrogens is 310 g/mol. The molecule has 0 aliphatic carbocycles. The van der Waals surface area contributed by atoms with Gasteiger partial charge in [0, 0.05) is 12.6 Å². The zero-order chi connectivity index (χ0) is 16.0. The second kappa shape index (κ2) is 5.28. The SMILES string of the molecule is CC(C)c1c2c(F)c(-c3nc(Cl)ncc3F)ccc2nn1C. The van der Waals surface area contributed by atoms with Gasteiger partial charge in [-0.05, 0) is 29.7 Å². The number of hydrogen-bond acceptors (Lipinski definition) is 3. The second-order valence-electron chi connectivity index (χ2n) is 5.32. The van der Waals surface area contributed by atoms with Gasteiger partial charge in [0.05, 0.1) is 22.8 Å². The van der Waals surface area contributed by atoms with Gasteiger partial charge in [-0.15, -0.1) is 0 Å². The molecule has 22 heavy (non-hydrogen) atoms. The van der Waals surface area contributed by atoms with Crippen LogP contribution in [0.1, 0.15) is 25.5 Å². The average molecular weight is 323 g/mol. The van der Waals surface area contributed by atoms with E-state index in [9.17, 15) is 8.78 Å². The molecular formula is C15H13ClF2N4. The van der Waals surface area contributed by atoms with Gasteiger partial charge in [-0.2, -0.15) is 5.10 Å². The predicted octanol–water partition coefficient (Wildman–Crippen LogP) is 4.09. The molecule has 3 aromatic rings. The summed E-state index contributed by atoms with van der Waals surface area (Å²) in [5, 5.41) is 4.54. The molecule has 7 heteroatoms. The number of fused-ring (bicyclic) bond motifs is 1. The van der Waals surface area contributed by atoms with E-state index in [1.54, 1.807) is 17.8 Å². The van der Waals surface area contributed by atoms with Crippen LogP contribution in [0.15, 0.2) is 18.3 Å². The highest BCUT2D eigenvalue weighted by Crippen LogP contribution is 2.33. The van der Waals surface area contributed by atoms with Crippen LogP contribution in [0.2, 0.25) is 5.28 Å². The van der Waals surface area contributed by atoms with Crippen LogP contribution in [-0.4, -0.2) is 19.7 Å².